The van der Waals surface area contributed by atoms with E-state index in [1.807, 2.05) is 30.3 Å². The molecule has 1 heterocycles. The summed E-state index contributed by atoms with van der Waals surface area (Å²) in [6, 6.07) is 12.8. The highest BCUT2D eigenvalue weighted by molar-refractivity contribution is 6.44. The SMILES string of the molecule is C=CC#CC(O)(c1cccnc1)C(c1ccccc1)C(Cl)Cl. The molecule has 0 aliphatic rings. The van der Waals surface area contributed by atoms with Gasteiger partial charge in [-0.05, 0) is 17.7 Å². The third kappa shape index (κ3) is 3.51. The average molecular weight is 332 g/mol. The van der Waals surface area contributed by atoms with Crippen LogP contribution in [0.3, 0.4) is 0 Å². The molecule has 0 saturated heterocycles. The molecule has 1 aromatic heterocycles. The minimum absolute atomic E-state index is 0.532. The Labute approximate surface area is 140 Å². The third-order valence-corrected chi connectivity index (χ3v) is 3.83. The highest BCUT2D eigenvalue weighted by Gasteiger charge is 2.42. The number of pyridine rings is 1. The van der Waals surface area contributed by atoms with Crippen LogP contribution in [0.4, 0.5) is 0 Å². The van der Waals surface area contributed by atoms with Crippen molar-refractivity contribution in [1.29, 1.82) is 0 Å². The molecule has 0 spiro atoms. The largest absolute Gasteiger partial charge is 0.373 e. The van der Waals surface area contributed by atoms with Gasteiger partial charge in [0.1, 0.15) is 4.84 Å². The predicted octanol–water partition coefficient (Wildman–Crippen LogP) is 4.05. The topological polar surface area (TPSA) is 33.1 Å². The summed E-state index contributed by atoms with van der Waals surface area (Å²) in [6.07, 6.45) is 4.60. The summed E-state index contributed by atoms with van der Waals surface area (Å²) in [4.78, 5) is 3.20. The average Bonchev–Trinajstić information content (AvgIpc) is 2.54. The van der Waals surface area contributed by atoms with E-state index in [0.29, 0.717) is 5.56 Å². The number of benzene rings is 1. The fourth-order valence-electron chi connectivity index (χ4n) is 2.31. The standard InChI is InChI=1S/C18H15Cl2NO/c1-2-3-11-18(22,15-10-7-12-21-13-15)16(17(19)20)14-8-5-4-6-9-14/h2,4-10,12-13,16-17,22H,1H2. The number of halogens is 2. The Morgan fingerprint density at radius 3 is 2.45 bits per heavy atom. The summed E-state index contributed by atoms with van der Waals surface area (Å²) in [7, 11) is 0. The summed E-state index contributed by atoms with van der Waals surface area (Å²) in [5.74, 6) is 4.90. The second kappa shape index (κ2) is 7.47. The summed E-state index contributed by atoms with van der Waals surface area (Å²) in [5, 5.41) is 11.3. The molecule has 1 aromatic carbocycles. The second-order valence-electron chi connectivity index (χ2n) is 4.70. The maximum absolute atomic E-state index is 11.3. The van der Waals surface area contributed by atoms with Gasteiger partial charge in [-0.1, -0.05) is 54.8 Å². The summed E-state index contributed by atoms with van der Waals surface area (Å²) in [6.45, 7) is 3.57. The van der Waals surface area contributed by atoms with Gasteiger partial charge in [-0.2, -0.15) is 0 Å². The van der Waals surface area contributed by atoms with Crippen molar-refractivity contribution < 1.29 is 5.11 Å². The van der Waals surface area contributed by atoms with Crippen molar-refractivity contribution in [3.8, 4) is 11.8 Å². The number of alkyl halides is 2. The van der Waals surface area contributed by atoms with Gasteiger partial charge in [0.05, 0.1) is 5.92 Å². The van der Waals surface area contributed by atoms with E-state index in [1.165, 1.54) is 6.08 Å². The van der Waals surface area contributed by atoms with Gasteiger partial charge in [-0.25, -0.2) is 0 Å². The molecule has 4 heteroatoms. The highest BCUT2D eigenvalue weighted by atomic mass is 35.5. The Morgan fingerprint density at radius 2 is 1.91 bits per heavy atom. The van der Waals surface area contributed by atoms with Crippen LogP contribution in [0.2, 0.25) is 0 Å². The van der Waals surface area contributed by atoms with Crippen LogP contribution in [0.5, 0.6) is 0 Å². The zero-order valence-corrected chi connectivity index (χ0v) is 13.3. The molecule has 2 unspecified atom stereocenters. The fraction of sp³-hybridized carbons (Fsp3) is 0.167. The van der Waals surface area contributed by atoms with Crippen LogP contribution >= 0.6 is 23.2 Å². The van der Waals surface area contributed by atoms with Gasteiger partial charge in [0.25, 0.3) is 0 Å². The summed E-state index contributed by atoms with van der Waals surface area (Å²) < 4.78 is 0. The van der Waals surface area contributed by atoms with Crippen LogP contribution in [0.25, 0.3) is 0 Å². The van der Waals surface area contributed by atoms with Gasteiger partial charge in [0.2, 0.25) is 0 Å². The first kappa shape index (κ1) is 16.6. The van der Waals surface area contributed by atoms with Crippen molar-refractivity contribution >= 4 is 23.2 Å². The Hall–Kier alpha value is -1.79. The van der Waals surface area contributed by atoms with E-state index in [1.54, 1.807) is 24.5 Å². The van der Waals surface area contributed by atoms with E-state index >= 15 is 0 Å². The molecule has 2 nitrogen and oxygen atoms in total. The monoisotopic (exact) mass is 331 g/mol. The Kier molecular flexibility index (Phi) is 5.63. The Bertz CT molecular complexity index is 676. The predicted molar refractivity (Wildman–Crippen MR) is 90.8 cm³/mol. The number of rotatable bonds is 4. The number of hydrogen-bond donors (Lipinski definition) is 1. The molecule has 2 atom stereocenters. The van der Waals surface area contributed by atoms with Crippen molar-refractivity contribution in [2.75, 3.05) is 0 Å². The molecular weight excluding hydrogens is 317 g/mol. The maximum Gasteiger partial charge on any atom is 0.162 e. The summed E-state index contributed by atoms with van der Waals surface area (Å²) >= 11 is 12.4. The lowest BCUT2D eigenvalue weighted by atomic mass is 9.79. The zero-order valence-electron chi connectivity index (χ0n) is 11.8. The number of aliphatic hydroxyl groups is 1. The van der Waals surface area contributed by atoms with Gasteiger partial charge in [0, 0.05) is 18.0 Å². The van der Waals surface area contributed by atoms with Gasteiger partial charge < -0.3 is 5.11 Å². The van der Waals surface area contributed by atoms with Crippen molar-refractivity contribution in [2.45, 2.75) is 16.4 Å². The van der Waals surface area contributed by atoms with Gasteiger partial charge in [-0.15, -0.1) is 23.2 Å². The minimum Gasteiger partial charge on any atom is -0.373 e. The highest BCUT2D eigenvalue weighted by Crippen LogP contribution is 2.42. The molecule has 2 rings (SSSR count). The normalized spacial score (nSPS) is 14.5. The van der Waals surface area contributed by atoms with Crippen molar-refractivity contribution in [3.63, 3.8) is 0 Å². The van der Waals surface area contributed by atoms with E-state index in [2.05, 4.69) is 23.4 Å². The quantitative estimate of drug-likeness (QED) is 0.677. The molecule has 0 fully saturated rings. The van der Waals surface area contributed by atoms with Crippen molar-refractivity contribution in [3.05, 3.63) is 78.6 Å². The van der Waals surface area contributed by atoms with E-state index in [9.17, 15) is 5.11 Å². The lowest BCUT2D eigenvalue weighted by Crippen LogP contribution is -2.36. The van der Waals surface area contributed by atoms with Crippen LogP contribution in [-0.2, 0) is 5.60 Å². The van der Waals surface area contributed by atoms with E-state index in [0.717, 1.165) is 5.56 Å². The molecule has 0 radical (unpaired) electrons. The molecule has 2 aromatic rings. The Balaban J connectivity index is 2.63. The molecule has 0 aliphatic heterocycles. The minimum atomic E-state index is -1.57. The van der Waals surface area contributed by atoms with Crippen LogP contribution < -0.4 is 0 Å². The van der Waals surface area contributed by atoms with E-state index < -0.39 is 16.4 Å². The first-order valence-corrected chi connectivity index (χ1v) is 7.56. The molecule has 0 saturated carbocycles. The number of nitrogens with zero attached hydrogens (tertiary/aromatic N) is 1. The van der Waals surface area contributed by atoms with E-state index in [4.69, 9.17) is 23.2 Å². The maximum atomic E-state index is 11.3. The molecule has 0 bridgehead atoms. The van der Waals surface area contributed by atoms with E-state index in [-0.39, 0.29) is 0 Å². The summed E-state index contributed by atoms with van der Waals surface area (Å²) in [5.41, 5.74) is -0.246. The van der Waals surface area contributed by atoms with Crippen molar-refractivity contribution in [2.24, 2.45) is 0 Å². The second-order valence-corrected chi connectivity index (χ2v) is 5.87. The van der Waals surface area contributed by atoms with Gasteiger partial charge >= 0.3 is 0 Å². The molecule has 0 aliphatic carbocycles. The molecule has 22 heavy (non-hydrogen) atoms. The fourth-order valence-corrected chi connectivity index (χ4v) is 2.96. The molecule has 112 valence electrons. The molecule has 0 amide bonds. The third-order valence-electron chi connectivity index (χ3n) is 3.33. The molecular formula is C18H15Cl2NO. The van der Waals surface area contributed by atoms with Crippen molar-refractivity contribution in [1.82, 2.24) is 4.98 Å². The number of allylic oxidation sites excluding steroid dienone is 1. The lowest BCUT2D eigenvalue weighted by molar-refractivity contribution is 0.0722. The lowest BCUT2D eigenvalue weighted by Gasteiger charge is -2.33. The smallest absolute Gasteiger partial charge is 0.162 e. The van der Waals surface area contributed by atoms with Gasteiger partial charge in [-0.3, -0.25) is 4.98 Å². The first-order valence-electron chi connectivity index (χ1n) is 6.69. The number of hydrogen-bond acceptors (Lipinski definition) is 2. The number of aromatic nitrogens is 1. The van der Waals surface area contributed by atoms with Gasteiger partial charge in [0.15, 0.2) is 5.60 Å². The zero-order chi connectivity index (χ0) is 16.0. The van der Waals surface area contributed by atoms with Crippen LogP contribution in [0.15, 0.2) is 67.5 Å². The molecule has 1 N–H and O–H groups in total. The van der Waals surface area contributed by atoms with Crippen LogP contribution in [0.1, 0.15) is 17.0 Å². The first-order chi connectivity index (χ1) is 10.6. The van der Waals surface area contributed by atoms with Crippen LogP contribution in [-0.4, -0.2) is 14.9 Å². The van der Waals surface area contributed by atoms with Crippen LogP contribution in [0, 0.1) is 11.8 Å². The Morgan fingerprint density at radius 1 is 1.18 bits per heavy atom.